The average molecular weight is 302 g/mol. The van der Waals surface area contributed by atoms with E-state index < -0.39 is 10.8 Å². The molecule has 0 atom stereocenters. The van der Waals surface area contributed by atoms with Gasteiger partial charge in [-0.15, -0.1) is 0 Å². The number of ether oxygens (including phenoxy) is 1. The van der Waals surface area contributed by atoms with Gasteiger partial charge < -0.3 is 15.2 Å². The van der Waals surface area contributed by atoms with Crippen LogP contribution in [0.3, 0.4) is 0 Å². The van der Waals surface area contributed by atoms with Gasteiger partial charge in [-0.25, -0.2) is 0 Å². The first-order valence-electron chi connectivity index (χ1n) is 6.35. The third-order valence-electron chi connectivity index (χ3n) is 3.10. The smallest absolute Gasteiger partial charge is 0.311 e. The minimum Gasteiger partial charge on any atom is -0.508 e. The third kappa shape index (κ3) is 3.14. The van der Waals surface area contributed by atoms with Crippen molar-refractivity contribution in [2.24, 2.45) is 0 Å². The fourth-order valence-corrected chi connectivity index (χ4v) is 1.96. The first-order valence-corrected chi connectivity index (χ1v) is 6.35. The number of rotatable bonds is 4. The standard InChI is InChI=1S/C15H14N2O5/c1-9-7-11(18)4-5-12(9)16-15(19)10-3-6-14(22-2)13(8-10)17(20)21/h3-8,18H,1-2H3,(H,16,19). The number of nitro groups is 1. The Morgan fingerprint density at radius 1 is 1.27 bits per heavy atom. The molecule has 0 aliphatic heterocycles. The van der Waals surface area contributed by atoms with Gasteiger partial charge in [0.05, 0.1) is 12.0 Å². The molecule has 2 rings (SSSR count). The summed E-state index contributed by atoms with van der Waals surface area (Å²) in [4.78, 5) is 22.6. The van der Waals surface area contributed by atoms with E-state index in [1.165, 1.54) is 31.4 Å². The van der Waals surface area contributed by atoms with Crippen LogP contribution in [0.25, 0.3) is 0 Å². The molecule has 7 nitrogen and oxygen atoms in total. The lowest BCUT2D eigenvalue weighted by Crippen LogP contribution is -2.13. The SMILES string of the molecule is COc1ccc(C(=O)Nc2ccc(O)cc2C)cc1[N+](=O)[O-]. The van der Waals surface area contributed by atoms with Gasteiger partial charge in [0.2, 0.25) is 0 Å². The summed E-state index contributed by atoms with van der Waals surface area (Å²) in [5.74, 6) is -0.308. The van der Waals surface area contributed by atoms with Crippen molar-refractivity contribution in [2.45, 2.75) is 6.92 Å². The van der Waals surface area contributed by atoms with Gasteiger partial charge in [-0.1, -0.05) is 0 Å². The predicted molar refractivity (Wildman–Crippen MR) is 80.4 cm³/mol. The van der Waals surface area contributed by atoms with E-state index in [1.807, 2.05) is 0 Å². The summed E-state index contributed by atoms with van der Waals surface area (Å²) in [5.41, 5.74) is 1.05. The number of carbonyl (C=O) groups excluding carboxylic acids is 1. The van der Waals surface area contributed by atoms with Crippen LogP contribution in [0, 0.1) is 17.0 Å². The molecule has 0 unspecified atom stereocenters. The fourth-order valence-electron chi connectivity index (χ4n) is 1.96. The maximum absolute atomic E-state index is 12.2. The van der Waals surface area contributed by atoms with Crippen molar-refractivity contribution in [3.05, 3.63) is 57.6 Å². The number of nitrogens with zero attached hydrogens (tertiary/aromatic N) is 1. The second-order valence-electron chi connectivity index (χ2n) is 4.60. The summed E-state index contributed by atoms with van der Waals surface area (Å²) in [5, 5.41) is 23.0. The zero-order valence-electron chi connectivity index (χ0n) is 12.0. The molecule has 0 fully saturated rings. The zero-order valence-corrected chi connectivity index (χ0v) is 12.0. The molecule has 2 aromatic carbocycles. The van der Waals surface area contributed by atoms with Crippen molar-refractivity contribution in [3.63, 3.8) is 0 Å². The molecular weight excluding hydrogens is 288 g/mol. The van der Waals surface area contributed by atoms with Gasteiger partial charge in [-0.05, 0) is 42.8 Å². The third-order valence-corrected chi connectivity index (χ3v) is 3.10. The van der Waals surface area contributed by atoms with Crippen LogP contribution in [0.5, 0.6) is 11.5 Å². The van der Waals surface area contributed by atoms with E-state index in [9.17, 15) is 20.0 Å². The molecule has 7 heteroatoms. The molecule has 0 radical (unpaired) electrons. The van der Waals surface area contributed by atoms with Crippen LogP contribution in [-0.4, -0.2) is 23.0 Å². The molecular formula is C15H14N2O5. The largest absolute Gasteiger partial charge is 0.508 e. The molecule has 2 N–H and O–H groups in total. The van der Waals surface area contributed by atoms with Crippen molar-refractivity contribution in [3.8, 4) is 11.5 Å². The van der Waals surface area contributed by atoms with Gasteiger partial charge in [0.1, 0.15) is 5.75 Å². The molecule has 22 heavy (non-hydrogen) atoms. The van der Waals surface area contributed by atoms with Crippen LogP contribution in [0.1, 0.15) is 15.9 Å². The number of phenols is 1. The molecule has 0 aliphatic rings. The number of aryl methyl sites for hydroxylation is 1. The Morgan fingerprint density at radius 2 is 2.00 bits per heavy atom. The first-order chi connectivity index (χ1) is 10.4. The van der Waals surface area contributed by atoms with Crippen molar-refractivity contribution in [1.82, 2.24) is 0 Å². The normalized spacial score (nSPS) is 10.1. The fraction of sp³-hybridized carbons (Fsp3) is 0.133. The number of nitro benzene ring substituents is 1. The van der Waals surface area contributed by atoms with E-state index in [2.05, 4.69) is 5.32 Å². The van der Waals surface area contributed by atoms with Gasteiger partial charge in [0.15, 0.2) is 5.75 Å². The molecule has 0 heterocycles. The second-order valence-corrected chi connectivity index (χ2v) is 4.60. The molecule has 1 amide bonds. The molecule has 0 saturated heterocycles. The number of amides is 1. The molecule has 2 aromatic rings. The number of hydrogen-bond donors (Lipinski definition) is 2. The number of hydrogen-bond acceptors (Lipinski definition) is 5. The highest BCUT2D eigenvalue weighted by atomic mass is 16.6. The van der Waals surface area contributed by atoms with Gasteiger partial charge in [-0.2, -0.15) is 0 Å². The van der Waals surface area contributed by atoms with Crippen LogP contribution in [0.2, 0.25) is 0 Å². The highest BCUT2D eigenvalue weighted by Gasteiger charge is 2.18. The van der Waals surface area contributed by atoms with Crippen molar-refractivity contribution < 1.29 is 19.6 Å². The zero-order chi connectivity index (χ0) is 16.3. The first kappa shape index (κ1) is 15.3. The Balaban J connectivity index is 2.30. The van der Waals surface area contributed by atoms with Crippen LogP contribution in [0.4, 0.5) is 11.4 Å². The van der Waals surface area contributed by atoms with E-state index in [-0.39, 0.29) is 22.7 Å². The van der Waals surface area contributed by atoms with Crippen LogP contribution in [0.15, 0.2) is 36.4 Å². The summed E-state index contributed by atoms with van der Waals surface area (Å²) in [7, 11) is 1.32. The number of methoxy groups -OCH3 is 1. The van der Waals surface area contributed by atoms with Crippen LogP contribution >= 0.6 is 0 Å². The highest BCUT2D eigenvalue weighted by molar-refractivity contribution is 6.05. The number of carbonyl (C=O) groups is 1. The molecule has 0 saturated carbocycles. The van der Waals surface area contributed by atoms with Crippen LogP contribution in [-0.2, 0) is 0 Å². The molecule has 0 aromatic heterocycles. The number of aromatic hydroxyl groups is 1. The highest BCUT2D eigenvalue weighted by Crippen LogP contribution is 2.28. The number of nitrogens with one attached hydrogen (secondary N) is 1. The maximum Gasteiger partial charge on any atom is 0.311 e. The summed E-state index contributed by atoms with van der Waals surface area (Å²) >= 11 is 0. The van der Waals surface area contributed by atoms with Crippen molar-refractivity contribution in [1.29, 1.82) is 0 Å². The quantitative estimate of drug-likeness (QED) is 0.513. The van der Waals surface area contributed by atoms with Crippen LogP contribution < -0.4 is 10.1 Å². The second kappa shape index (κ2) is 6.13. The maximum atomic E-state index is 12.2. The van der Waals surface area contributed by atoms with E-state index in [0.29, 0.717) is 11.3 Å². The Kier molecular flexibility index (Phi) is 4.26. The van der Waals surface area contributed by atoms with E-state index in [0.717, 1.165) is 6.07 Å². The van der Waals surface area contributed by atoms with E-state index >= 15 is 0 Å². The van der Waals surface area contributed by atoms with Crippen molar-refractivity contribution >= 4 is 17.3 Å². The average Bonchev–Trinajstić information content (AvgIpc) is 2.49. The number of anilines is 1. The topological polar surface area (TPSA) is 102 Å². The number of phenolic OH excluding ortho intramolecular Hbond substituents is 1. The molecule has 0 spiro atoms. The Labute approximate surface area is 126 Å². The lowest BCUT2D eigenvalue weighted by atomic mass is 10.1. The number of benzene rings is 2. The van der Waals surface area contributed by atoms with E-state index in [1.54, 1.807) is 13.0 Å². The van der Waals surface area contributed by atoms with E-state index in [4.69, 9.17) is 4.74 Å². The lowest BCUT2D eigenvalue weighted by Gasteiger charge is -2.09. The summed E-state index contributed by atoms with van der Waals surface area (Å²) in [6, 6.07) is 8.48. The Morgan fingerprint density at radius 3 is 2.59 bits per heavy atom. The monoisotopic (exact) mass is 302 g/mol. The Bertz CT molecular complexity index is 743. The molecule has 0 aliphatic carbocycles. The Hall–Kier alpha value is -3.09. The molecule has 114 valence electrons. The molecule has 0 bridgehead atoms. The minimum absolute atomic E-state index is 0.0855. The van der Waals surface area contributed by atoms with Gasteiger partial charge in [0, 0.05) is 17.3 Å². The van der Waals surface area contributed by atoms with Crippen molar-refractivity contribution in [2.75, 3.05) is 12.4 Å². The lowest BCUT2D eigenvalue weighted by molar-refractivity contribution is -0.385. The predicted octanol–water partition coefficient (Wildman–Crippen LogP) is 2.87. The van der Waals surface area contributed by atoms with Gasteiger partial charge in [0.25, 0.3) is 5.91 Å². The van der Waals surface area contributed by atoms with Gasteiger partial charge in [-0.3, -0.25) is 14.9 Å². The summed E-state index contributed by atoms with van der Waals surface area (Å²) in [6.07, 6.45) is 0. The minimum atomic E-state index is -0.610. The summed E-state index contributed by atoms with van der Waals surface area (Å²) in [6.45, 7) is 1.73. The van der Waals surface area contributed by atoms with Gasteiger partial charge >= 0.3 is 5.69 Å². The summed E-state index contributed by atoms with van der Waals surface area (Å²) < 4.78 is 4.89.